The number of ether oxygens (including phenoxy) is 2. The van der Waals surface area contributed by atoms with Crippen LogP contribution in [0, 0.1) is 0 Å². The second-order valence-corrected chi connectivity index (χ2v) is 6.63. The number of aromatic carboxylic acids is 1. The van der Waals surface area contributed by atoms with Crippen LogP contribution < -0.4 is 14.8 Å². The lowest BCUT2D eigenvalue weighted by molar-refractivity contribution is -0.115. The van der Waals surface area contributed by atoms with Gasteiger partial charge in [-0.2, -0.15) is 0 Å². The van der Waals surface area contributed by atoms with Crippen molar-refractivity contribution in [3.8, 4) is 17.2 Å². The number of methoxy groups -OCH3 is 2. The van der Waals surface area contributed by atoms with Gasteiger partial charge in [0.25, 0.3) is 5.91 Å². The Morgan fingerprint density at radius 1 is 1.18 bits per heavy atom. The van der Waals surface area contributed by atoms with Crippen molar-refractivity contribution in [1.82, 2.24) is 5.32 Å². The van der Waals surface area contributed by atoms with Crippen LogP contribution in [0.3, 0.4) is 0 Å². The number of aliphatic imine (C=N–C) groups is 1. The number of aromatic hydroxyl groups is 1. The Balaban J connectivity index is 1.88. The van der Waals surface area contributed by atoms with E-state index in [9.17, 15) is 14.7 Å². The fourth-order valence-corrected chi connectivity index (χ4v) is 3.27. The molecule has 1 fully saturated rings. The van der Waals surface area contributed by atoms with Crippen LogP contribution >= 0.6 is 11.8 Å². The van der Waals surface area contributed by atoms with Crippen molar-refractivity contribution in [3.63, 3.8) is 0 Å². The number of phenols is 1. The second-order valence-electron chi connectivity index (χ2n) is 5.60. The van der Waals surface area contributed by atoms with E-state index in [-0.39, 0.29) is 17.2 Å². The normalized spacial score (nSPS) is 16.3. The number of hydrogen-bond donors (Lipinski definition) is 3. The summed E-state index contributed by atoms with van der Waals surface area (Å²) in [5.74, 6) is -0.776. The van der Waals surface area contributed by atoms with E-state index in [4.69, 9.17) is 14.6 Å². The van der Waals surface area contributed by atoms with Crippen molar-refractivity contribution in [1.29, 1.82) is 0 Å². The maximum Gasteiger partial charge on any atom is 0.339 e. The van der Waals surface area contributed by atoms with Crippen LogP contribution in [0.25, 0.3) is 6.08 Å². The molecule has 2 aromatic rings. The molecule has 28 heavy (non-hydrogen) atoms. The molecule has 0 spiro atoms. The highest BCUT2D eigenvalue weighted by molar-refractivity contribution is 8.18. The summed E-state index contributed by atoms with van der Waals surface area (Å²) in [5, 5.41) is 21.6. The second kappa shape index (κ2) is 8.05. The standard InChI is InChI=1S/C19H16N2O6S/c1-26-12-5-3-10(15(9-12)27-2)7-16-17(23)21-19(28-16)20-11-4-6-14(22)13(8-11)18(24)25/h3-9,22H,1-2H3,(H,24,25)(H,20,21,23)/b16-7-. The largest absolute Gasteiger partial charge is 0.507 e. The molecule has 0 atom stereocenters. The van der Waals surface area contributed by atoms with Crippen LogP contribution in [0.5, 0.6) is 17.2 Å². The van der Waals surface area contributed by atoms with Gasteiger partial charge in [0.15, 0.2) is 5.17 Å². The molecular formula is C19H16N2O6S. The number of carbonyl (C=O) groups is 2. The van der Waals surface area contributed by atoms with Crippen LogP contribution in [0.4, 0.5) is 5.69 Å². The van der Waals surface area contributed by atoms with Gasteiger partial charge in [-0.3, -0.25) is 4.79 Å². The number of nitrogens with zero attached hydrogens (tertiary/aromatic N) is 1. The fourth-order valence-electron chi connectivity index (χ4n) is 2.44. The number of amidine groups is 1. The van der Waals surface area contributed by atoms with E-state index in [2.05, 4.69) is 10.3 Å². The predicted octanol–water partition coefficient (Wildman–Crippen LogP) is 3.00. The number of amides is 1. The summed E-state index contributed by atoms with van der Waals surface area (Å²) < 4.78 is 10.5. The minimum atomic E-state index is -1.27. The van der Waals surface area contributed by atoms with Crippen molar-refractivity contribution in [2.45, 2.75) is 0 Å². The maximum absolute atomic E-state index is 12.3. The zero-order valence-corrected chi connectivity index (χ0v) is 15.7. The quantitative estimate of drug-likeness (QED) is 0.661. The number of rotatable bonds is 5. The van der Waals surface area contributed by atoms with E-state index in [1.807, 2.05) is 0 Å². The van der Waals surface area contributed by atoms with Crippen LogP contribution in [0.2, 0.25) is 0 Å². The number of nitrogens with one attached hydrogen (secondary N) is 1. The average Bonchev–Trinajstić information content (AvgIpc) is 3.02. The Labute approximate surface area is 164 Å². The lowest BCUT2D eigenvalue weighted by Crippen LogP contribution is -2.19. The molecule has 3 N–H and O–H groups in total. The van der Waals surface area contributed by atoms with Crippen molar-refractivity contribution < 1.29 is 29.3 Å². The van der Waals surface area contributed by atoms with E-state index in [0.29, 0.717) is 32.8 Å². The Morgan fingerprint density at radius 3 is 2.64 bits per heavy atom. The number of carbonyl (C=O) groups excluding carboxylic acids is 1. The molecule has 0 bridgehead atoms. The summed E-state index contributed by atoms with van der Waals surface area (Å²) >= 11 is 1.11. The third kappa shape index (κ3) is 4.09. The monoisotopic (exact) mass is 400 g/mol. The highest BCUT2D eigenvalue weighted by atomic mass is 32.2. The number of benzene rings is 2. The lowest BCUT2D eigenvalue weighted by atomic mass is 10.1. The number of thioether (sulfide) groups is 1. The third-order valence-corrected chi connectivity index (χ3v) is 4.73. The zero-order valence-electron chi connectivity index (χ0n) is 14.9. The summed E-state index contributed by atoms with van der Waals surface area (Å²) in [4.78, 5) is 28.0. The summed E-state index contributed by atoms with van der Waals surface area (Å²) in [7, 11) is 3.07. The van der Waals surface area contributed by atoms with Crippen molar-refractivity contribution >= 4 is 40.6 Å². The molecule has 144 valence electrons. The first-order chi connectivity index (χ1) is 13.4. The van der Waals surface area contributed by atoms with E-state index in [0.717, 1.165) is 11.8 Å². The molecule has 8 nitrogen and oxygen atoms in total. The smallest absolute Gasteiger partial charge is 0.339 e. The van der Waals surface area contributed by atoms with Gasteiger partial charge in [-0.25, -0.2) is 9.79 Å². The van der Waals surface area contributed by atoms with Crippen molar-refractivity contribution in [2.75, 3.05) is 14.2 Å². The molecule has 1 amide bonds. The molecule has 1 aliphatic heterocycles. The number of carboxylic acids is 1. The maximum atomic E-state index is 12.3. The molecule has 1 saturated heterocycles. The van der Waals surface area contributed by atoms with Gasteiger partial charge in [0, 0.05) is 11.6 Å². The van der Waals surface area contributed by atoms with Gasteiger partial charge in [-0.05, 0) is 48.2 Å². The first-order valence-electron chi connectivity index (χ1n) is 7.99. The van der Waals surface area contributed by atoms with Crippen LogP contribution in [0.1, 0.15) is 15.9 Å². The molecule has 0 radical (unpaired) electrons. The van der Waals surface area contributed by atoms with E-state index in [1.54, 1.807) is 31.4 Å². The van der Waals surface area contributed by atoms with Gasteiger partial charge in [-0.1, -0.05) is 0 Å². The van der Waals surface area contributed by atoms with E-state index >= 15 is 0 Å². The topological polar surface area (TPSA) is 117 Å². The fraction of sp³-hybridized carbons (Fsp3) is 0.105. The van der Waals surface area contributed by atoms with Gasteiger partial charge >= 0.3 is 5.97 Å². The Bertz CT molecular complexity index is 1020. The molecule has 0 aliphatic carbocycles. The van der Waals surface area contributed by atoms with E-state index < -0.39 is 5.97 Å². The summed E-state index contributed by atoms with van der Waals surface area (Å²) in [6.07, 6.45) is 1.67. The van der Waals surface area contributed by atoms with E-state index in [1.165, 1.54) is 25.3 Å². The Morgan fingerprint density at radius 2 is 1.96 bits per heavy atom. The molecule has 0 saturated carbocycles. The molecule has 0 unspecified atom stereocenters. The molecule has 9 heteroatoms. The van der Waals surface area contributed by atoms with Crippen LogP contribution in [-0.4, -0.2) is 41.5 Å². The minimum Gasteiger partial charge on any atom is -0.507 e. The SMILES string of the molecule is COc1ccc(/C=C2\SC(=Nc3ccc(O)c(C(=O)O)c3)NC2=O)c(OC)c1. The first-order valence-corrected chi connectivity index (χ1v) is 8.81. The third-order valence-electron chi connectivity index (χ3n) is 3.82. The van der Waals surface area contributed by atoms with Gasteiger partial charge < -0.3 is 25.0 Å². The van der Waals surface area contributed by atoms with Crippen molar-refractivity contribution in [3.05, 3.63) is 52.4 Å². The molecule has 1 heterocycles. The first kappa shape index (κ1) is 19.3. The van der Waals surface area contributed by atoms with Gasteiger partial charge in [0.05, 0.1) is 24.8 Å². The van der Waals surface area contributed by atoms with Gasteiger partial charge in [0.1, 0.15) is 22.8 Å². The van der Waals surface area contributed by atoms with Gasteiger partial charge in [-0.15, -0.1) is 0 Å². The molecule has 0 aromatic heterocycles. The highest BCUT2D eigenvalue weighted by Crippen LogP contribution is 2.33. The van der Waals surface area contributed by atoms with Crippen molar-refractivity contribution in [2.24, 2.45) is 4.99 Å². The van der Waals surface area contributed by atoms with Crippen LogP contribution in [0.15, 0.2) is 46.3 Å². The molecule has 3 rings (SSSR count). The Hall–Kier alpha value is -3.46. The Kier molecular flexibility index (Phi) is 5.55. The summed E-state index contributed by atoms with van der Waals surface area (Å²) in [6, 6.07) is 9.16. The summed E-state index contributed by atoms with van der Waals surface area (Å²) in [6.45, 7) is 0. The summed E-state index contributed by atoms with van der Waals surface area (Å²) in [5.41, 5.74) is 0.719. The number of hydrogen-bond acceptors (Lipinski definition) is 7. The zero-order chi connectivity index (χ0) is 20.3. The average molecular weight is 400 g/mol. The predicted molar refractivity (Wildman–Crippen MR) is 105 cm³/mol. The molecule has 2 aromatic carbocycles. The minimum absolute atomic E-state index is 0.269. The number of carboxylic acid groups (broad SMARTS) is 1. The highest BCUT2D eigenvalue weighted by Gasteiger charge is 2.24. The van der Waals surface area contributed by atoms with Gasteiger partial charge in [0.2, 0.25) is 0 Å². The molecule has 1 aliphatic rings. The molecular weight excluding hydrogens is 384 g/mol. The van der Waals surface area contributed by atoms with Crippen LogP contribution in [-0.2, 0) is 4.79 Å². The lowest BCUT2D eigenvalue weighted by Gasteiger charge is -2.07.